The van der Waals surface area contributed by atoms with Crippen molar-refractivity contribution in [2.24, 2.45) is 0 Å². The lowest BCUT2D eigenvalue weighted by atomic mass is 10.1. The summed E-state index contributed by atoms with van der Waals surface area (Å²) in [6.07, 6.45) is 1.78. The van der Waals surface area contributed by atoms with Crippen molar-refractivity contribution in [3.8, 4) is 0 Å². The van der Waals surface area contributed by atoms with Crippen molar-refractivity contribution in [3.05, 3.63) is 34.9 Å². The van der Waals surface area contributed by atoms with Gasteiger partial charge in [-0.05, 0) is 31.1 Å². The van der Waals surface area contributed by atoms with Crippen LogP contribution < -0.4 is 0 Å². The van der Waals surface area contributed by atoms with Gasteiger partial charge >= 0.3 is 5.97 Å². The predicted molar refractivity (Wildman–Crippen MR) is 62.1 cm³/mol. The summed E-state index contributed by atoms with van der Waals surface area (Å²) >= 11 is 1.63. The molecule has 1 heterocycles. The second-order valence-electron chi connectivity index (χ2n) is 3.66. The van der Waals surface area contributed by atoms with Crippen molar-refractivity contribution >= 4 is 23.8 Å². The smallest absolute Gasteiger partial charge is 0.332 e. The summed E-state index contributed by atoms with van der Waals surface area (Å²) in [6, 6.07) is 5.98. The Morgan fingerprint density at radius 1 is 1.47 bits per heavy atom. The van der Waals surface area contributed by atoms with E-state index in [-0.39, 0.29) is 5.25 Å². The van der Waals surface area contributed by atoms with E-state index in [2.05, 4.69) is 13.0 Å². The number of aryl methyl sites for hydroxylation is 1. The summed E-state index contributed by atoms with van der Waals surface area (Å²) < 4.78 is 0. The highest BCUT2D eigenvalue weighted by atomic mass is 32.2. The first-order chi connectivity index (χ1) is 7.09. The zero-order valence-electron chi connectivity index (χ0n) is 8.65. The summed E-state index contributed by atoms with van der Waals surface area (Å²) in [6.45, 7) is 3.98. The second-order valence-corrected chi connectivity index (χ2v) is 5.01. The summed E-state index contributed by atoms with van der Waals surface area (Å²) in [5, 5.41) is 9.05. The van der Waals surface area contributed by atoms with Gasteiger partial charge in [-0.15, -0.1) is 11.8 Å². The van der Waals surface area contributed by atoms with E-state index in [1.807, 2.05) is 19.1 Å². The van der Waals surface area contributed by atoms with E-state index in [0.29, 0.717) is 5.57 Å². The SMILES string of the molecule is Cc1cccc2c1SC(C)C(C(=O)O)=C2. The van der Waals surface area contributed by atoms with Crippen LogP contribution in [0.15, 0.2) is 28.7 Å². The average molecular weight is 220 g/mol. The molecule has 0 saturated heterocycles. The molecule has 0 radical (unpaired) electrons. The van der Waals surface area contributed by atoms with Crippen LogP contribution in [0.3, 0.4) is 0 Å². The molecule has 15 heavy (non-hydrogen) atoms. The Hall–Kier alpha value is -1.22. The molecule has 2 rings (SSSR count). The third kappa shape index (κ3) is 1.79. The normalized spacial score (nSPS) is 19.3. The maximum atomic E-state index is 11.0. The van der Waals surface area contributed by atoms with Crippen molar-refractivity contribution in [3.63, 3.8) is 0 Å². The molecule has 1 aromatic carbocycles. The molecule has 1 N–H and O–H groups in total. The summed E-state index contributed by atoms with van der Waals surface area (Å²) in [4.78, 5) is 12.2. The molecule has 0 fully saturated rings. The molecular weight excluding hydrogens is 208 g/mol. The number of rotatable bonds is 1. The van der Waals surface area contributed by atoms with Crippen LogP contribution in [0.2, 0.25) is 0 Å². The Bertz CT molecular complexity index is 449. The van der Waals surface area contributed by atoms with Crippen molar-refractivity contribution in [1.29, 1.82) is 0 Å². The first kappa shape index (κ1) is 10.3. The summed E-state index contributed by atoms with van der Waals surface area (Å²) in [5.41, 5.74) is 2.72. The van der Waals surface area contributed by atoms with E-state index in [9.17, 15) is 4.79 Å². The molecular formula is C12H12O2S. The van der Waals surface area contributed by atoms with E-state index < -0.39 is 5.97 Å². The van der Waals surface area contributed by atoms with Gasteiger partial charge in [-0.2, -0.15) is 0 Å². The Kier molecular flexibility index (Phi) is 2.57. The zero-order chi connectivity index (χ0) is 11.0. The van der Waals surface area contributed by atoms with Crippen LogP contribution in [-0.4, -0.2) is 16.3 Å². The fourth-order valence-corrected chi connectivity index (χ4v) is 2.88. The molecule has 1 unspecified atom stereocenters. The number of hydrogen-bond donors (Lipinski definition) is 1. The highest BCUT2D eigenvalue weighted by molar-refractivity contribution is 8.00. The van der Waals surface area contributed by atoms with Gasteiger partial charge in [0.05, 0.1) is 5.57 Å². The van der Waals surface area contributed by atoms with Crippen LogP contribution in [0.5, 0.6) is 0 Å². The van der Waals surface area contributed by atoms with E-state index >= 15 is 0 Å². The fourth-order valence-electron chi connectivity index (χ4n) is 1.71. The van der Waals surface area contributed by atoms with Gasteiger partial charge in [0.1, 0.15) is 0 Å². The number of benzene rings is 1. The largest absolute Gasteiger partial charge is 0.478 e. The number of carboxylic acid groups (broad SMARTS) is 1. The lowest BCUT2D eigenvalue weighted by molar-refractivity contribution is -0.132. The molecule has 1 atom stereocenters. The lowest BCUT2D eigenvalue weighted by Crippen LogP contribution is -2.14. The predicted octanol–water partition coefficient (Wildman–Crippen LogP) is 2.96. The number of aliphatic carboxylic acids is 1. The lowest BCUT2D eigenvalue weighted by Gasteiger charge is -2.21. The van der Waals surface area contributed by atoms with Crippen LogP contribution in [0.25, 0.3) is 6.08 Å². The number of carboxylic acids is 1. The third-order valence-corrected chi connectivity index (χ3v) is 3.93. The molecule has 0 saturated carbocycles. The quantitative estimate of drug-likeness (QED) is 0.790. The highest BCUT2D eigenvalue weighted by Gasteiger charge is 2.23. The van der Waals surface area contributed by atoms with Crippen molar-refractivity contribution in [2.75, 3.05) is 0 Å². The maximum absolute atomic E-state index is 11.0. The first-order valence-electron chi connectivity index (χ1n) is 4.80. The highest BCUT2D eigenvalue weighted by Crippen LogP contribution is 2.38. The number of carbonyl (C=O) groups is 1. The van der Waals surface area contributed by atoms with Gasteiger partial charge in [-0.1, -0.05) is 18.2 Å². The maximum Gasteiger partial charge on any atom is 0.332 e. The van der Waals surface area contributed by atoms with Gasteiger partial charge < -0.3 is 5.11 Å². The zero-order valence-corrected chi connectivity index (χ0v) is 9.47. The number of thioether (sulfide) groups is 1. The first-order valence-corrected chi connectivity index (χ1v) is 5.68. The summed E-state index contributed by atoms with van der Waals surface area (Å²) in [7, 11) is 0. The van der Waals surface area contributed by atoms with Crippen molar-refractivity contribution in [1.82, 2.24) is 0 Å². The second kappa shape index (κ2) is 3.74. The van der Waals surface area contributed by atoms with E-state index in [1.165, 1.54) is 10.5 Å². The van der Waals surface area contributed by atoms with E-state index in [4.69, 9.17) is 5.11 Å². The van der Waals surface area contributed by atoms with Gasteiger partial charge in [-0.3, -0.25) is 0 Å². The molecule has 0 aliphatic carbocycles. The number of fused-ring (bicyclic) bond motifs is 1. The standard InChI is InChI=1S/C12H12O2S/c1-7-4-3-5-9-6-10(12(13)14)8(2)15-11(7)9/h3-6,8H,1-2H3,(H,13,14). The van der Waals surface area contributed by atoms with Crippen LogP contribution >= 0.6 is 11.8 Å². The van der Waals surface area contributed by atoms with Gasteiger partial charge in [-0.25, -0.2) is 4.79 Å². The van der Waals surface area contributed by atoms with E-state index in [0.717, 1.165) is 5.56 Å². The minimum atomic E-state index is -0.817. The Morgan fingerprint density at radius 3 is 2.87 bits per heavy atom. The minimum Gasteiger partial charge on any atom is -0.478 e. The van der Waals surface area contributed by atoms with Crippen LogP contribution in [-0.2, 0) is 4.79 Å². The molecule has 1 aliphatic heterocycles. The Balaban J connectivity index is 2.55. The van der Waals surface area contributed by atoms with Gasteiger partial charge in [0.2, 0.25) is 0 Å². The fraction of sp³-hybridized carbons (Fsp3) is 0.250. The summed E-state index contributed by atoms with van der Waals surface area (Å²) in [5.74, 6) is -0.817. The van der Waals surface area contributed by atoms with Gasteiger partial charge in [0.15, 0.2) is 0 Å². The van der Waals surface area contributed by atoms with Crippen LogP contribution in [0.1, 0.15) is 18.1 Å². The molecule has 0 amide bonds. The van der Waals surface area contributed by atoms with Crippen LogP contribution in [0.4, 0.5) is 0 Å². The molecule has 0 spiro atoms. The molecule has 1 aromatic rings. The average Bonchev–Trinajstić information content (AvgIpc) is 2.18. The van der Waals surface area contributed by atoms with E-state index in [1.54, 1.807) is 17.8 Å². The third-order valence-electron chi connectivity index (χ3n) is 2.53. The molecule has 0 bridgehead atoms. The van der Waals surface area contributed by atoms with Crippen LogP contribution in [0, 0.1) is 6.92 Å². The van der Waals surface area contributed by atoms with Crippen molar-refractivity contribution in [2.45, 2.75) is 24.0 Å². The van der Waals surface area contributed by atoms with Gasteiger partial charge in [0.25, 0.3) is 0 Å². The Morgan fingerprint density at radius 2 is 2.20 bits per heavy atom. The van der Waals surface area contributed by atoms with Gasteiger partial charge in [0, 0.05) is 10.1 Å². The molecule has 78 valence electrons. The topological polar surface area (TPSA) is 37.3 Å². The Labute approximate surface area is 93.0 Å². The van der Waals surface area contributed by atoms with Crippen molar-refractivity contribution < 1.29 is 9.90 Å². The monoisotopic (exact) mass is 220 g/mol. The molecule has 0 aromatic heterocycles. The number of hydrogen-bond acceptors (Lipinski definition) is 2. The molecule has 1 aliphatic rings. The minimum absolute atomic E-state index is 0.0242. The molecule has 3 heteroatoms. The molecule has 2 nitrogen and oxygen atoms in total.